The number of aromatic nitrogens is 2. The van der Waals surface area contributed by atoms with E-state index in [1.54, 1.807) is 0 Å². The van der Waals surface area contributed by atoms with Gasteiger partial charge in [-0.25, -0.2) is 0 Å². The molecule has 4 unspecified atom stereocenters. The van der Waals surface area contributed by atoms with Crippen LogP contribution in [0, 0.1) is 17.9 Å². The summed E-state index contributed by atoms with van der Waals surface area (Å²) >= 11 is 0. The summed E-state index contributed by atoms with van der Waals surface area (Å²) in [6.07, 6.45) is 9.20. The summed E-state index contributed by atoms with van der Waals surface area (Å²) < 4.78 is 2.24. The molecule has 0 spiro atoms. The first-order valence-corrected chi connectivity index (χ1v) is 13.9. The molecular weight excluding hydrogens is 649 g/mol. The Bertz CT molecular complexity index is 1300. The number of hydrogen-bond donors (Lipinski definition) is 2. The Morgan fingerprint density at radius 1 is 0.842 bits per heavy atom. The van der Waals surface area contributed by atoms with Crippen LogP contribution < -0.4 is 0 Å². The number of aliphatic hydroxyl groups is 2. The van der Waals surface area contributed by atoms with Gasteiger partial charge in [-0.05, 0) is 66.9 Å². The van der Waals surface area contributed by atoms with Crippen LogP contribution in [0.3, 0.4) is 0 Å². The van der Waals surface area contributed by atoms with Crippen LogP contribution in [0.25, 0.3) is 28.0 Å². The van der Waals surface area contributed by atoms with Crippen LogP contribution in [-0.4, -0.2) is 32.0 Å². The Labute approximate surface area is 240 Å². The van der Waals surface area contributed by atoms with Crippen LogP contribution in [0.4, 0.5) is 0 Å². The molecule has 2 heterocycles. The van der Waals surface area contributed by atoms with E-state index in [9.17, 15) is 10.2 Å². The molecule has 0 aliphatic heterocycles. The Hall–Kier alpha value is -2.30. The fraction of sp³-hybridized carbons (Fsp3) is 0.424. The Morgan fingerprint density at radius 3 is 2.26 bits per heavy atom. The normalized spacial score (nSPS) is 23.1. The third kappa shape index (κ3) is 6.29. The van der Waals surface area contributed by atoms with Crippen molar-refractivity contribution in [1.82, 2.24) is 9.55 Å². The Kier molecular flexibility index (Phi) is 9.95. The van der Waals surface area contributed by atoms with Crippen LogP contribution in [0.2, 0.25) is 0 Å². The van der Waals surface area contributed by atoms with Crippen molar-refractivity contribution < 1.29 is 30.3 Å². The van der Waals surface area contributed by atoms with Gasteiger partial charge >= 0.3 is 0 Å². The van der Waals surface area contributed by atoms with Gasteiger partial charge < -0.3 is 19.8 Å². The molecule has 4 aromatic rings. The smallest absolute Gasteiger partial charge is 0.0595 e. The van der Waals surface area contributed by atoms with Crippen molar-refractivity contribution in [3.8, 4) is 17.1 Å². The van der Waals surface area contributed by atoms with Crippen LogP contribution in [-0.2, 0) is 20.1 Å². The number of rotatable bonds is 3. The molecule has 203 valence electrons. The minimum absolute atomic E-state index is 0. The van der Waals surface area contributed by atoms with E-state index in [0.29, 0.717) is 11.8 Å². The van der Waals surface area contributed by atoms with E-state index in [4.69, 9.17) is 0 Å². The quantitative estimate of drug-likeness (QED) is 0.222. The number of benzene rings is 2. The van der Waals surface area contributed by atoms with Crippen molar-refractivity contribution in [2.45, 2.75) is 76.9 Å². The van der Waals surface area contributed by atoms with Gasteiger partial charge in [0.2, 0.25) is 0 Å². The van der Waals surface area contributed by atoms with Crippen molar-refractivity contribution in [3.05, 3.63) is 84.6 Å². The van der Waals surface area contributed by atoms with E-state index in [1.807, 2.05) is 12.3 Å². The molecule has 0 saturated heterocycles. The largest absolute Gasteiger partial charge is 0.393 e. The van der Waals surface area contributed by atoms with Gasteiger partial charge in [-0.1, -0.05) is 75.1 Å². The zero-order valence-electron chi connectivity index (χ0n) is 22.4. The van der Waals surface area contributed by atoms with Crippen molar-refractivity contribution >= 4 is 10.9 Å². The van der Waals surface area contributed by atoms with E-state index in [1.165, 1.54) is 24.8 Å². The van der Waals surface area contributed by atoms with Gasteiger partial charge in [0.1, 0.15) is 0 Å². The maximum atomic E-state index is 9.89. The number of pyridine rings is 1. The number of nitrogens with zero attached hydrogens (tertiary/aromatic N) is 2. The summed E-state index contributed by atoms with van der Waals surface area (Å²) in [7, 11) is 0. The zero-order valence-corrected chi connectivity index (χ0v) is 24.8. The first-order chi connectivity index (χ1) is 18.0. The molecule has 2 N–H and O–H groups in total. The second-order valence-corrected chi connectivity index (χ2v) is 11.0. The molecular formula is C33H39IrN2O2-. The molecule has 2 aromatic carbocycles. The predicted octanol–water partition coefficient (Wildman–Crippen LogP) is 7.31. The number of fused-ring (bicyclic) bond motifs is 2. The maximum Gasteiger partial charge on any atom is 0.0595 e. The van der Waals surface area contributed by atoms with Gasteiger partial charge in [0.15, 0.2) is 0 Å². The van der Waals surface area contributed by atoms with Gasteiger partial charge in [-0.3, -0.25) is 0 Å². The minimum Gasteiger partial charge on any atom is -0.393 e. The van der Waals surface area contributed by atoms with Crippen molar-refractivity contribution in [2.24, 2.45) is 11.8 Å². The van der Waals surface area contributed by atoms with Gasteiger partial charge in [0.25, 0.3) is 0 Å². The van der Waals surface area contributed by atoms with Gasteiger partial charge in [0.05, 0.1) is 12.2 Å². The van der Waals surface area contributed by atoms with Gasteiger partial charge in [0, 0.05) is 43.6 Å². The Balaban J connectivity index is 0.000000204. The number of para-hydroxylation sites is 2. The molecule has 2 saturated carbocycles. The van der Waals surface area contributed by atoms with Crippen LogP contribution in [0.15, 0.2) is 72.9 Å². The summed E-state index contributed by atoms with van der Waals surface area (Å²) in [4.78, 5) is 4.62. The Morgan fingerprint density at radius 2 is 1.50 bits per heavy atom. The molecule has 1 radical (unpaired) electrons. The maximum absolute atomic E-state index is 9.89. The molecule has 5 heteroatoms. The molecule has 2 aliphatic carbocycles. The second-order valence-electron chi connectivity index (χ2n) is 11.0. The van der Waals surface area contributed by atoms with Crippen molar-refractivity contribution in [1.29, 1.82) is 0 Å². The second kappa shape index (κ2) is 13.2. The SMILES string of the molecule is CC(C)c1ccnc(-c2[c-]c3ccccc3n2-c2ccccc2)c1.OC1CCCCC2CCCC(O)C12.[Ir]. The summed E-state index contributed by atoms with van der Waals surface area (Å²) in [5.74, 6) is 1.26. The topological polar surface area (TPSA) is 58.3 Å². The van der Waals surface area contributed by atoms with Gasteiger partial charge in [-0.2, -0.15) is 0 Å². The summed E-state index contributed by atoms with van der Waals surface area (Å²) in [6, 6.07) is 26.6. The van der Waals surface area contributed by atoms with Crippen molar-refractivity contribution in [3.63, 3.8) is 0 Å². The summed E-state index contributed by atoms with van der Waals surface area (Å²) in [5, 5.41) is 20.8. The fourth-order valence-corrected chi connectivity index (χ4v) is 6.19. The molecule has 4 atom stereocenters. The molecule has 2 fully saturated rings. The molecule has 2 aromatic heterocycles. The van der Waals surface area contributed by atoms with E-state index in [0.717, 1.165) is 53.7 Å². The standard InChI is InChI=1S/C22H19N2.C11H20O2.Ir/c1-16(2)17-12-13-23-20(14-17)22-15-18-8-6-7-11-21(18)24(22)19-9-4-3-5-10-19;12-9-6-2-1-4-8-5-3-7-10(13)11(8)9;/h3-14,16H,1-2H3;8-13H,1-7H2;/q-1;;. The van der Waals surface area contributed by atoms with Crippen molar-refractivity contribution in [2.75, 3.05) is 0 Å². The average Bonchev–Trinajstić information content (AvgIpc) is 3.21. The van der Waals surface area contributed by atoms with E-state index >= 15 is 0 Å². The monoisotopic (exact) mass is 688 g/mol. The molecule has 6 rings (SSSR count). The fourth-order valence-electron chi connectivity index (χ4n) is 6.19. The van der Waals surface area contributed by atoms with E-state index in [2.05, 4.69) is 90.1 Å². The van der Waals surface area contributed by atoms with Crippen LogP contribution in [0.5, 0.6) is 0 Å². The molecule has 4 nitrogen and oxygen atoms in total. The number of hydrogen-bond acceptors (Lipinski definition) is 3. The minimum atomic E-state index is -0.234. The molecule has 38 heavy (non-hydrogen) atoms. The van der Waals surface area contributed by atoms with E-state index < -0.39 is 0 Å². The third-order valence-corrected chi connectivity index (χ3v) is 8.16. The summed E-state index contributed by atoms with van der Waals surface area (Å²) in [5.41, 5.74) is 5.53. The zero-order chi connectivity index (χ0) is 25.8. The predicted molar refractivity (Wildman–Crippen MR) is 151 cm³/mol. The molecule has 0 amide bonds. The molecule has 2 aliphatic rings. The average molecular weight is 688 g/mol. The number of aliphatic hydroxyl groups excluding tert-OH is 2. The first-order valence-electron chi connectivity index (χ1n) is 13.9. The third-order valence-electron chi connectivity index (χ3n) is 8.16. The molecule has 0 bridgehead atoms. The van der Waals surface area contributed by atoms with Gasteiger partial charge in [-0.15, -0.1) is 23.6 Å². The van der Waals surface area contributed by atoms with Crippen LogP contribution in [0.1, 0.15) is 70.3 Å². The first kappa shape index (κ1) is 28.7. The van der Waals surface area contributed by atoms with E-state index in [-0.39, 0.29) is 38.2 Å². The van der Waals surface area contributed by atoms with Crippen LogP contribution >= 0.6 is 0 Å². The summed E-state index contributed by atoms with van der Waals surface area (Å²) in [6.45, 7) is 4.41.